The second-order valence-electron chi connectivity index (χ2n) is 2.51. The first kappa shape index (κ1) is 4.19. The van der Waals surface area contributed by atoms with E-state index in [0.29, 0.717) is 0 Å². The molecular weight excluding hydrogens is 170 g/mol. The first-order valence-electron chi connectivity index (χ1n) is 6.38. The van der Waals surface area contributed by atoms with Crippen LogP contribution in [0.1, 0.15) is 27.5 Å². The second kappa shape index (κ2) is 3.14. The summed E-state index contributed by atoms with van der Waals surface area (Å²) in [4.78, 5) is 9.76. The van der Waals surface area contributed by atoms with Gasteiger partial charge in [-0.05, 0) is 31.4 Å². The van der Waals surface area contributed by atoms with Crippen molar-refractivity contribution in [1.82, 2.24) is 0 Å². The highest BCUT2D eigenvalue weighted by molar-refractivity contribution is 5.34. The van der Waals surface area contributed by atoms with Gasteiger partial charge < -0.3 is 5.11 Å². The molecule has 13 heavy (non-hydrogen) atoms. The molecule has 0 saturated heterocycles. The first-order chi connectivity index (χ1) is 8.41. The van der Waals surface area contributed by atoms with Crippen LogP contribution >= 0.6 is 0 Å². The van der Waals surface area contributed by atoms with E-state index in [1.165, 1.54) is 0 Å². The summed E-state index contributed by atoms with van der Waals surface area (Å²) in [5.74, 6) is 0. The summed E-state index contributed by atoms with van der Waals surface area (Å²) in [6, 6.07) is 3.74. The van der Waals surface area contributed by atoms with E-state index >= 15 is 0 Å². The summed E-state index contributed by atoms with van der Waals surface area (Å²) >= 11 is 0. The van der Waals surface area contributed by atoms with Crippen molar-refractivity contribution in [3.8, 4) is 0 Å². The molecule has 0 saturated carbocycles. The van der Waals surface area contributed by atoms with Crippen LogP contribution in [0.2, 0.25) is 0 Å². The van der Waals surface area contributed by atoms with E-state index in [0.717, 1.165) is 24.3 Å². The Balaban J connectivity index is 3.40. The lowest BCUT2D eigenvalue weighted by Crippen LogP contribution is -2.14. The molecule has 0 amide bonds. The number of hydrogen-bond acceptors (Lipinski definition) is 3. The number of hydrogen-bond donors (Lipinski definition) is 1. The minimum Gasteiger partial charge on any atom is -0.386 e. The molecule has 70 valence electrons. The van der Waals surface area contributed by atoms with Gasteiger partial charge in [-0.3, -0.25) is 10.1 Å². The van der Waals surface area contributed by atoms with Crippen LogP contribution in [0.15, 0.2) is 24.3 Å². The molecule has 1 aromatic carbocycles. The third-order valence-corrected chi connectivity index (χ3v) is 1.50. The van der Waals surface area contributed by atoms with E-state index in [2.05, 4.69) is 0 Å². The predicted molar refractivity (Wildman–Crippen MR) is 48.3 cm³/mol. The summed E-state index contributed by atoms with van der Waals surface area (Å²) in [7, 11) is 0. The predicted octanol–water partition coefficient (Wildman–Crippen LogP) is 1.82. The number of benzene rings is 1. The van der Waals surface area contributed by atoms with E-state index in [-0.39, 0.29) is 5.69 Å². The molecule has 0 unspecified atom stereocenters. The first-order valence-corrected chi connectivity index (χ1v) is 3.38. The van der Waals surface area contributed by atoms with Crippen molar-refractivity contribution in [2.45, 2.75) is 19.3 Å². The quantitative estimate of drug-likeness (QED) is 0.567. The van der Waals surface area contributed by atoms with Gasteiger partial charge in [0, 0.05) is 20.4 Å². The van der Waals surface area contributed by atoms with Crippen molar-refractivity contribution in [1.29, 1.82) is 0 Å². The van der Waals surface area contributed by atoms with Crippen molar-refractivity contribution < 1.29 is 18.3 Å². The summed E-state index contributed by atoms with van der Waals surface area (Å²) in [5, 5.41) is 20.6. The fraction of sp³-hybridized carbons (Fsp3) is 0.333. The smallest absolute Gasteiger partial charge is 0.269 e. The second-order valence-corrected chi connectivity index (χ2v) is 2.51. The lowest BCUT2D eigenvalue weighted by Gasteiger charge is -2.16. The van der Waals surface area contributed by atoms with Gasteiger partial charge in [0.05, 0.1) is 10.5 Å². The zero-order chi connectivity index (χ0) is 15.1. The molecule has 0 fully saturated rings. The fourth-order valence-electron chi connectivity index (χ4n) is 0.824. The molecule has 0 bridgehead atoms. The minimum atomic E-state index is -3.20. The summed E-state index contributed by atoms with van der Waals surface area (Å²) < 4.78 is 43.2. The number of nitrogens with zero attached hydrogens (tertiary/aromatic N) is 1. The molecule has 0 aliphatic heterocycles. The van der Waals surface area contributed by atoms with Gasteiger partial charge in [0.25, 0.3) is 5.69 Å². The lowest BCUT2D eigenvalue weighted by atomic mass is 9.98. The van der Waals surface area contributed by atoms with Crippen molar-refractivity contribution in [3.05, 3.63) is 39.9 Å². The maximum atomic E-state index is 10.5. The average Bonchev–Trinajstić information content (AvgIpc) is 2.25. The molecule has 0 heterocycles. The van der Waals surface area contributed by atoms with Crippen LogP contribution in [0.4, 0.5) is 5.69 Å². The average molecular weight is 187 g/mol. The maximum Gasteiger partial charge on any atom is 0.269 e. The van der Waals surface area contributed by atoms with Crippen LogP contribution in [0.3, 0.4) is 0 Å². The van der Waals surface area contributed by atoms with Crippen LogP contribution in [-0.2, 0) is 5.60 Å². The third kappa shape index (κ3) is 2.26. The van der Waals surface area contributed by atoms with Crippen LogP contribution in [-0.4, -0.2) is 10.0 Å². The number of aliphatic hydroxyl groups is 1. The van der Waals surface area contributed by atoms with E-state index < -0.39 is 29.8 Å². The molecule has 0 spiro atoms. The van der Waals surface area contributed by atoms with Gasteiger partial charge in [-0.25, -0.2) is 0 Å². The van der Waals surface area contributed by atoms with Crippen molar-refractivity contribution in [3.63, 3.8) is 0 Å². The van der Waals surface area contributed by atoms with Crippen LogP contribution in [0.5, 0.6) is 0 Å². The largest absolute Gasteiger partial charge is 0.386 e. The van der Waals surface area contributed by atoms with Gasteiger partial charge in [0.2, 0.25) is 0 Å². The van der Waals surface area contributed by atoms with Crippen molar-refractivity contribution in [2.24, 2.45) is 0 Å². The van der Waals surface area contributed by atoms with E-state index in [1.54, 1.807) is 0 Å². The zero-order valence-electron chi connectivity index (χ0n) is 12.5. The Morgan fingerprint density at radius 1 is 1.46 bits per heavy atom. The Bertz CT molecular complexity index is 464. The maximum absolute atomic E-state index is 10.5. The molecule has 1 N–H and O–H groups in total. The van der Waals surface area contributed by atoms with E-state index in [1.807, 2.05) is 0 Å². The fourth-order valence-corrected chi connectivity index (χ4v) is 0.824. The molecule has 0 aromatic heterocycles. The molecule has 1 rings (SSSR count). The number of nitro groups is 1. The van der Waals surface area contributed by atoms with E-state index in [9.17, 15) is 15.2 Å². The zero-order valence-corrected chi connectivity index (χ0v) is 6.52. The Morgan fingerprint density at radius 3 is 2.38 bits per heavy atom. The summed E-state index contributed by atoms with van der Waals surface area (Å²) in [5.41, 5.74) is -3.82. The highest BCUT2D eigenvalue weighted by Gasteiger charge is 2.16. The topological polar surface area (TPSA) is 63.4 Å². The summed E-state index contributed by atoms with van der Waals surface area (Å²) in [6.07, 6.45) is 0. The highest BCUT2D eigenvalue weighted by Crippen LogP contribution is 2.21. The molecule has 0 aliphatic rings. The standard InChI is InChI=1S/C9H11NO3/c1-9(2,11)7-3-5-8(6-4-7)10(12)13/h3-6,11H,1-2H3/i1D3,2D3. The van der Waals surface area contributed by atoms with Gasteiger partial charge in [-0.2, -0.15) is 0 Å². The number of non-ortho nitro benzene ring substituents is 1. The Morgan fingerprint density at radius 2 is 2.00 bits per heavy atom. The molecule has 4 nitrogen and oxygen atoms in total. The normalized spacial score (nSPS) is 20.1. The van der Waals surface area contributed by atoms with E-state index in [4.69, 9.17) is 8.22 Å². The third-order valence-electron chi connectivity index (χ3n) is 1.50. The number of nitro benzene ring substituents is 1. The minimum absolute atomic E-state index is 0.331. The molecule has 0 atom stereocenters. The Kier molecular flexibility index (Phi) is 1.01. The van der Waals surface area contributed by atoms with Crippen molar-refractivity contribution >= 4 is 5.69 Å². The lowest BCUT2D eigenvalue weighted by molar-refractivity contribution is -0.384. The van der Waals surface area contributed by atoms with Gasteiger partial charge in [0.15, 0.2) is 0 Å². The SMILES string of the molecule is [2H]C([2H])([2H])C(O)(c1ccc([N+](=O)[O-])cc1)C([2H])([2H])[2H]. The van der Waals surface area contributed by atoms with Gasteiger partial charge >= 0.3 is 0 Å². The summed E-state index contributed by atoms with van der Waals surface area (Å²) in [6.45, 7) is -6.40. The molecule has 1 aromatic rings. The Labute approximate surface area is 84.4 Å². The van der Waals surface area contributed by atoms with Gasteiger partial charge in [-0.15, -0.1) is 0 Å². The van der Waals surface area contributed by atoms with Gasteiger partial charge in [0.1, 0.15) is 0 Å². The Hall–Kier alpha value is -1.42. The number of rotatable bonds is 2. The van der Waals surface area contributed by atoms with Gasteiger partial charge in [-0.1, -0.05) is 0 Å². The van der Waals surface area contributed by atoms with Crippen LogP contribution in [0, 0.1) is 10.1 Å². The molecular formula is C9H11NO3. The molecule has 4 heteroatoms. The molecule has 0 radical (unpaired) electrons. The monoisotopic (exact) mass is 187 g/mol. The molecule has 0 aliphatic carbocycles. The van der Waals surface area contributed by atoms with Crippen molar-refractivity contribution in [2.75, 3.05) is 0 Å². The highest BCUT2D eigenvalue weighted by atomic mass is 16.6. The van der Waals surface area contributed by atoms with Crippen LogP contribution < -0.4 is 0 Å². The van der Waals surface area contributed by atoms with Crippen LogP contribution in [0.25, 0.3) is 0 Å².